The number of aliphatic hydroxyl groups excluding tert-OH is 1. The Hall–Kier alpha value is -1.39. The lowest BCUT2D eigenvalue weighted by molar-refractivity contribution is 0.299. The van der Waals surface area contributed by atoms with Crippen LogP contribution in [0.3, 0.4) is 0 Å². The van der Waals surface area contributed by atoms with Crippen molar-refractivity contribution in [3.8, 4) is 0 Å². The summed E-state index contributed by atoms with van der Waals surface area (Å²) in [6.45, 7) is 0.800. The minimum Gasteiger partial charge on any atom is -0.396 e. The highest BCUT2D eigenvalue weighted by molar-refractivity contribution is 9.10. The first-order valence-electron chi connectivity index (χ1n) is 6.06. The summed E-state index contributed by atoms with van der Waals surface area (Å²) in [6.07, 6.45) is 0.672. The summed E-state index contributed by atoms with van der Waals surface area (Å²) >= 11 is 3.17. The van der Waals surface area contributed by atoms with E-state index < -0.39 is 0 Å². The maximum atomic E-state index is 13.1. The largest absolute Gasteiger partial charge is 0.396 e. The van der Waals surface area contributed by atoms with E-state index in [1.54, 1.807) is 12.1 Å². The molecular weight excluding hydrogens is 309 g/mol. The lowest BCUT2D eigenvalue weighted by Gasteiger charge is -2.08. The Balaban J connectivity index is 1.96. The first-order valence-corrected chi connectivity index (χ1v) is 6.86. The number of hydrogen-bond donors (Lipinski definition) is 2. The summed E-state index contributed by atoms with van der Waals surface area (Å²) in [5.74, 6) is -0.253. The first-order chi connectivity index (χ1) is 9.19. The monoisotopic (exact) mass is 323 g/mol. The molecule has 0 radical (unpaired) electrons. The normalized spacial score (nSPS) is 10.5. The predicted molar refractivity (Wildman–Crippen MR) is 78.7 cm³/mol. The highest BCUT2D eigenvalue weighted by atomic mass is 79.9. The molecule has 0 spiro atoms. The van der Waals surface area contributed by atoms with Gasteiger partial charge in [-0.15, -0.1) is 0 Å². The van der Waals surface area contributed by atoms with E-state index in [4.69, 9.17) is 5.11 Å². The summed E-state index contributed by atoms with van der Waals surface area (Å²) in [5, 5.41) is 12.1. The maximum absolute atomic E-state index is 13.1. The Kier molecular flexibility index (Phi) is 4.93. The van der Waals surface area contributed by atoms with Gasteiger partial charge < -0.3 is 10.4 Å². The third-order valence-corrected chi connectivity index (χ3v) is 3.44. The molecule has 19 heavy (non-hydrogen) atoms. The van der Waals surface area contributed by atoms with Crippen molar-refractivity contribution in [2.24, 2.45) is 0 Å². The van der Waals surface area contributed by atoms with Gasteiger partial charge in [-0.2, -0.15) is 0 Å². The van der Waals surface area contributed by atoms with Crippen molar-refractivity contribution in [3.05, 3.63) is 63.9 Å². The van der Waals surface area contributed by atoms with Crippen molar-refractivity contribution in [2.45, 2.75) is 13.0 Å². The molecule has 0 atom stereocenters. The number of benzene rings is 2. The van der Waals surface area contributed by atoms with Gasteiger partial charge in [0.15, 0.2) is 0 Å². The van der Waals surface area contributed by atoms with Crippen LogP contribution in [0, 0.1) is 5.82 Å². The van der Waals surface area contributed by atoms with E-state index in [0.29, 0.717) is 17.4 Å². The number of hydrogen-bond acceptors (Lipinski definition) is 2. The fraction of sp³-hybridized carbons (Fsp3) is 0.200. The fourth-order valence-corrected chi connectivity index (χ4v) is 2.20. The zero-order valence-electron chi connectivity index (χ0n) is 10.4. The van der Waals surface area contributed by atoms with Crippen LogP contribution in [-0.2, 0) is 13.0 Å². The maximum Gasteiger partial charge on any atom is 0.137 e. The molecule has 2 aromatic rings. The summed E-state index contributed by atoms with van der Waals surface area (Å²) < 4.78 is 13.6. The van der Waals surface area contributed by atoms with Gasteiger partial charge in [-0.25, -0.2) is 4.39 Å². The number of aliphatic hydroxyl groups is 1. The van der Waals surface area contributed by atoms with Gasteiger partial charge in [0, 0.05) is 18.8 Å². The van der Waals surface area contributed by atoms with Crippen LogP contribution in [0.2, 0.25) is 0 Å². The molecule has 0 aliphatic rings. The molecule has 0 saturated carbocycles. The second-order valence-electron chi connectivity index (χ2n) is 4.27. The molecule has 0 amide bonds. The van der Waals surface area contributed by atoms with Crippen LogP contribution >= 0.6 is 15.9 Å². The molecule has 2 N–H and O–H groups in total. The lowest BCUT2D eigenvalue weighted by atomic mass is 10.1. The van der Waals surface area contributed by atoms with E-state index in [9.17, 15) is 4.39 Å². The van der Waals surface area contributed by atoms with Gasteiger partial charge in [0.1, 0.15) is 5.82 Å². The van der Waals surface area contributed by atoms with E-state index in [0.717, 1.165) is 16.8 Å². The smallest absolute Gasteiger partial charge is 0.137 e. The van der Waals surface area contributed by atoms with Gasteiger partial charge in [0.25, 0.3) is 0 Å². The third-order valence-electron chi connectivity index (χ3n) is 2.84. The van der Waals surface area contributed by atoms with Crippen molar-refractivity contribution >= 4 is 21.6 Å². The SMILES string of the molecule is OCCc1ccc(NCc2ccc(F)c(Br)c2)cc1. The molecule has 2 aromatic carbocycles. The molecule has 0 bridgehead atoms. The molecule has 0 aliphatic heterocycles. The molecule has 0 saturated heterocycles. The zero-order chi connectivity index (χ0) is 13.7. The molecule has 2 rings (SSSR count). The number of rotatable bonds is 5. The summed E-state index contributed by atoms with van der Waals surface area (Å²) in [5.41, 5.74) is 3.12. The van der Waals surface area contributed by atoms with Crippen molar-refractivity contribution in [3.63, 3.8) is 0 Å². The number of nitrogens with one attached hydrogen (secondary N) is 1. The number of halogens is 2. The zero-order valence-corrected chi connectivity index (χ0v) is 12.0. The topological polar surface area (TPSA) is 32.3 Å². The van der Waals surface area contributed by atoms with Gasteiger partial charge in [-0.3, -0.25) is 0 Å². The summed E-state index contributed by atoms with van der Waals surface area (Å²) in [6, 6.07) is 12.9. The molecule has 0 unspecified atom stereocenters. The van der Waals surface area contributed by atoms with E-state index in [1.165, 1.54) is 6.07 Å². The van der Waals surface area contributed by atoms with E-state index in [-0.39, 0.29) is 12.4 Å². The van der Waals surface area contributed by atoms with Crippen LogP contribution in [-0.4, -0.2) is 11.7 Å². The van der Waals surface area contributed by atoms with Crippen molar-refractivity contribution in [2.75, 3.05) is 11.9 Å². The average molecular weight is 324 g/mol. The molecule has 100 valence electrons. The lowest BCUT2D eigenvalue weighted by Crippen LogP contribution is -2.00. The Labute approximate surface area is 120 Å². The van der Waals surface area contributed by atoms with Crippen LogP contribution < -0.4 is 5.32 Å². The van der Waals surface area contributed by atoms with Crippen LogP contribution in [0.5, 0.6) is 0 Å². The molecule has 4 heteroatoms. The van der Waals surface area contributed by atoms with Gasteiger partial charge in [-0.05, 0) is 57.7 Å². The molecule has 0 heterocycles. The molecule has 2 nitrogen and oxygen atoms in total. The standard InChI is InChI=1S/C15H15BrFNO/c16-14-9-12(3-6-15(14)17)10-18-13-4-1-11(2-5-13)7-8-19/h1-6,9,18-19H,7-8,10H2. The number of anilines is 1. The van der Waals surface area contributed by atoms with Crippen molar-refractivity contribution in [1.29, 1.82) is 0 Å². The van der Waals surface area contributed by atoms with E-state index in [1.807, 2.05) is 24.3 Å². The van der Waals surface area contributed by atoms with Gasteiger partial charge in [0.05, 0.1) is 4.47 Å². The van der Waals surface area contributed by atoms with Crippen LogP contribution in [0.15, 0.2) is 46.9 Å². The van der Waals surface area contributed by atoms with Crippen molar-refractivity contribution < 1.29 is 9.50 Å². The Bertz CT molecular complexity index is 542. The second-order valence-corrected chi connectivity index (χ2v) is 5.13. The Morgan fingerprint density at radius 3 is 2.37 bits per heavy atom. The quantitative estimate of drug-likeness (QED) is 0.878. The molecule has 0 aliphatic carbocycles. The molecular formula is C15H15BrFNO. The molecule has 0 aromatic heterocycles. The minimum atomic E-state index is -0.253. The van der Waals surface area contributed by atoms with Gasteiger partial charge in [-0.1, -0.05) is 18.2 Å². The van der Waals surface area contributed by atoms with E-state index >= 15 is 0 Å². The van der Waals surface area contributed by atoms with Gasteiger partial charge in [0.2, 0.25) is 0 Å². The van der Waals surface area contributed by atoms with Gasteiger partial charge >= 0.3 is 0 Å². The highest BCUT2D eigenvalue weighted by Crippen LogP contribution is 2.18. The first kappa shape index (κ1) is 14.0. The highest BCUT2D eigenvalue weighted by Gasteiger charge is 2.00. The second kappa shape index (κ2) is 6.68. The fourth-order valence-electron chi connectivity index (χ4n) is 1.77. The van der Waals surface area contributed by atoms with Crippen LogP contribution in [0.25, 0.3) is 0 Å². The predicted octanol–water partition coefficient (Wildman–Crippen LogP) is 3.74. The Morgan fingerprint density at radius 1 is 1.05 bits per heavy atom. The van der Waals surface area contributed by atoms with E-state index in [2.05, 4.69) is 21.2 Å². The van der Waals surface area contributed by atoms with Crippen LogP contribution in [0.4, 0.5) is 10.1 Å². The Morgan fingerprint density at radius 2 is 1.74 bits per heavy atom. The third kappa shape index (κ3) is 4.04. The minimum absolute atomic E-state index is 0.163. The van der Waals surface area contributed by atoms with Crippen molar-refractivity contribution in [1.82, 2.24) is 0 Å². The molecule has 0 fully saturated rings. The van der Waals surface area contributed by atoms with Crippen LogP contribution in [0.1, 0.15) is 11.1 Å². The summed E-state index contributed by atoms with van der Waals surface area (Å²) in [7, 11) is 0. The average Bonchev–Trinajstić information content (AvgIpc) is 2.42. The summed E-state index contributed by atoms with van der Waals surface area (Å²) in [4.78, 5) is 0.